The second-order valence-electron chi connectivity index (χ2n) is 8.46. The van der Waals surface area contributed by atoms with Crippen molar-refractivity contribution in [1.82, 2.24) is 10.6 Å². The number of benzene rings is 2. The van der Waals surface area contributed by atoms with Crippen LogP contribution in [0.1, 0.15) is 42.7 Å². The Morgan fingerprint density at radius 2 is 1.67 bits per heavy atom. The van der Waals surface area contributed by atoms with Crippen molar-refractivity contribution in [2.45, 2.75) is 37.6 Å². The van der Waals surface area contributed by atoms with Crippen molar-refractivity contribution in [3.63, 3.8) is 0 Å². The van der Waals surface area contributed by atoms with Crippen LogP contribution in [0, 0.1) is 5.92 Å². The Hall–Kier alpha value is -3.61. The molecule has 2 amide bonds. The lowest BCUT2D eigenvalue weighted by Crippen LogP contribution is -2.41. The van der Waals surface area contributed by atoms with E-state index in [1.807, 2.05) is 36.4 Å². The lowest BCUT2D eigenvalue weighted by molar-refractivity contribution is -0.137. The van der Waals surface area contributed by atoms with Crippen LogP contribution in [0.25, 0.3) is 11.1 Å². The first-order chi connectivity index (χ1) is 16.0. The maximum atomic E-state index is 12.5. The summed E-state index contributed by atoms with van der Waals surface area (Å²) in [6.07, 6.45) is 4.75. The van der Waals surface area contributed by atoms with Gasteiger partial charge >= 0.3 is 12.1 Å². The molecule has 33 heavy (non-hydrogen) atoms. The summed E-state index contributed by atoms with van der Waals surface area (Å²) in [6.45, 7) is 0.569. The smallest absolute Gasteiger partial charge is 0.407 e. The van der Waals surface area contributed by atoms with E-state index in [1.54, 1.807) is 0 Å². The van der Waals surface area contributed by atoms with Crippen LogP contribution in [0.15, 0.2) is 60.7 Å². The monoisotopic (exact) mass is 448 g/mol. The first kappa shape index (κ1) is 22.6. The average molecular weight is 449 g/mol. The Bertz CT molecular complexity index is 1020. The molecule has 0 radical (unpaired) electrons. The summed E-state index contributed by atoms with van der Waals surface area (Å²) in [5, 5.41) is 14.3. The Morgan fingerprint density at radius 3 is 2.33 bits per heavy atom. The SMILES string of the molecule is O=C(O)CCCNC(=O)[C@@H]1CC=C[C@@H](NC(=O)OCC2c3ccccc3-c3ccccc32)C1. The van der Waals surface area contributed by atoms with Gasteiger partial charge < -0.3 is 20.5 Å². The van der Waals surface area contributed by atoms with Crippen LogP contribution < -0.4 is 10.6 Å². The zero-order valence-electron chi connectivity index (χ0n) is 18.3. The Balaban J connectivity index is 1.28. The summed E-state index contributed by atoms with van der Waals surface area (Å²) in [4.78, 5) is 35.5. The highest BCUT2D eigenvalue weighted by Crippen LogP contribution is 2.44. The zero-order chi connectivity index (χ0) is 23.2. The fourth-order valence-corrected chi connectivity index (χ4v) is 4.60. The number of carboxylic acid groups (broad SMARTS) is 1. The Labute approximate surface area is 192 Å². The molecule has 7 nitrogen and oxygen atoms in total. The molecule has 0 bridgehead atoms. The third-order valence-corrected chi connectivity index (χ3v) is 6.21. The van der Waals surface area contributed by atoms with E-state index in [9.17, 15) is 14.4 Å². The number of carbonyl (C=O) groups excluding carboxylic acids is 2. The topological polar surface area (TPSA) is 105 Å². The van der Waals surface area contributed by atoms with Crippen LogP contribution in [-0.2, 0) is 14.3 Å². The number of ether oxygens (including phenoxy) is 1. The van der Waals surface area contributed by atoms with Crippen molar-refractivity contribution in [1.29, 1.82) is 0 Å². The fraction of sp³-hybridized carbons (Fsp3) is 0.346. The van der Waals surface area contributed by atoms with E-state index in [0.717, 1.165) is 11.1 Å². The molecule has 0 aromatic heterocycles. The molecule has 0 saturated heterocycles. The van der Waals surface area contributed by atoms with E-state index in [0.29, 0.717) is 25.8 Å². The summed E-state index contributed by atoms with van der Waals surface area (Å²) in [5.74, 6) is -1.27. The highest BCUT2D eigenvalue weighted by molar-refractivity contribution is 5.80. The quantitative estimate of drug-likeness (QED) is 0.420. The minimum atomic E-state index is -0.878. The second-order valence-corrected chi connectivity index (χ2v) is 8.46. The summed E-state index contributed by atoms with van der Waals surface area (Å²) < 4.78 is 5.60. The normalized spacial score (nSPS) is 18.8. The predicted molar refractivity (Wildman–Crippen MR) is 124 cm³/mol. The van der Waals surface area contributed by atoms with Crippen molar-refractivity contribution >= 4 is 18.0 Å². The van der Waals surface area contributed by atoms with Crippen molar-refractivity contribution in [3.05, 3.63) is 71.8 Å². The molecule has 7 heteroatoms. The lowest BCUT2D eigenvalue weighted by Gasteiger charge is -2.25. The molecule has 172 valence electrons. The number of aliphatic carboxylic acids is 1. The van der Waals surface area contributed by atoms with Gasteiger partial charge in [-0.05, 0) is 41.5 Å². The van der Waals surface area contributed by atoms with Gasteiger partial charge in [0.2, 0.25) is 5.91 Å². The van der Waals surface area contributed by atoms with E-state index >= 15 is 0 Å². The fourth-order valence-electron chi connectivity index (χ4n) is 4.60. The number of amides is 2. The largest absolute Gasteiger partial charge is 0.481 e. The van der Waals surface area contributed by atoms with Crippen LogP contribution >= 0.6 is 0 Å². The molecule has 2 aliphatic rings. The third kappa shape index (κ3) is 5.42. The number of rotatable bonds is 8. The minimum Gasteiger partial charge on any atom is -0.481 e. The van der Waals surface area contributed by atoms with Crippen LogP contribution in [0.4, 0.5) is 4.79 Å². The molecule has 0 heterocycles. The van der Waals surface area contributed by atoms with Gasteiger partial charge in [0.05, 0.1) is 6.04 Å². The lowest BCUT2D eigenvalue weighted by atomic mass is 9.90. The molecule has 0 aliphatic heterocycles. The third-order valence-electron chi connectivity index (χ3n) is 6.21. The Kier molecular flexibility index (Phi) is 7.07. The molecule has 0 spiro atoms. The van der Waals surface area contributed by atoms with Gasteiger partial charge in [0, 0.05) is 24.8 Å². The van der Waals surface area contributed by atoms with Crippen molar-refractivity contribution < 1.29 is 24.2 Å². The summed E-state index contributed by atoms with van der Waals surface area (Å²) in [5.41, 5.74) is 4.66. The predicted octanol–water partition coefficient (Wildman–Crippen LogP) is 3.84. The van der Waals surface area contributed by atoms with Crippen molar-refractivity contribution in [3.8, 4) is 11.1 Å². The van der Waals surface area contributed by atoms with E-state index in [2.05, 4.69) is 34.9 Å². The van der Waals surface area contributed by atoms with Crippen LogP contribution in [-0.4, -0.2) is 42.3 Å². The van der Waals surface area contributed by atoms with Crippen molar-refractivity contribution in [2.24, 2.45) is 5.92 Å². The Morgan fingerprint density at radius 1 is 1.00 bits per heavy atom. The highest BCUT2D eigenvalue weighted by Gasteiger charge is 2.30. The van der Waals surface area contributed by atoms with Crippen LogP contribution in [0.5, 0.6) is 0 Å². The van der Waals surface area contributed by atoms with Gasteiger partial charge in [-0.25, -0.2) is 4.79 Å². The molecule has 3 N–H and O–H groups in total. The average Bonchev–Trinajstić information content (AvgIpc) is 3.14. The first-order valence-corrected chi connectivity index (χ1v) is 11.3. The van der Waals surface area contributed by atoms with Crippen molar-refractivity contribution in [2.75, 3.05) is 13.2 Å². The number of hydrogen-bond donors (Lipinski definition) is 3. The number of carboxylic acids is 1. The molecule has 2 aliphatic carbocycles. The molecule has 0 saturated carbocycles. The standard InChI is InChI=1S/C26H28N2O5/c29-24(30)13-6-14-27-25(31)17-7-5-8-18(15-17)28-26(32)33-16-23-21-11-3-1-9-19(21)20-10-2-4-12-22(20)23/h1-5,8-12,17-18,23H,6-7,13-16H2,(H,27,31)(H,28,32)(H,29,30)/t17-,18-/m1/s1. The number of fused-ring (bicyclic) bond motifs is 3. The maximum Gasteiger partial charge on any atom is 0.407 e. The number of carbonyl (C=O) groups is 3. The number of alkyl carbamates (subject to hydrolysis) is 1. The van der Waals surface area contributed by atoms with Gasteiger partial charge in [-0.1, -0.05) is 60.7 Å². The second kappa shape index (κ2) is 10.3. The number of nitrogens with one attached hydrogen (secondary N) is 2. The van der Waals surface area contributed by atoms with E-state index in [4.69, 9.17) is 9.84 Å². The first-order valence-electron chi connectivity index (χ1n) is 11.3. The van der Waals surface area contributed by atoms with Gasteiger partial charge in [0.15, 0.2) is 0 Å². The minimum absolute atomic E-state index is 0.00521. The highest BCUT2D eigenvalue weighted by atomic mass is 16.5. The maximum absolute atomic E-state index is 12.5. The molecular formula is C26H28N2O5. The van der Waals surface area contributed by atoms with E-state index < -0.39 is 12.1 Å². The van der Waals surface area contributed by atoms with Crippen LogP contribution in [0.3, 0.4) is 0 Å². The summed E-state index contributed by atoms with van der Waals surface area (Å²) in [7, 11) is 0. The van der Waals surface area contributed by atoms with E-state index in [1.165, 1.54) is 11.1 Å². The molecule has 2 aromatic carbocycles. The number of hydrogen-bond acceptors (Lipinski definition) is 4. The molecular weight excluding hydrogens is 420 g/mol. The zero-order valence-corrected chi connectivity index (χ0v) is 18.3. The van der Waals surface area contributed by atoms with Gasteiger partial charge in [0.25, 0.3) is 0 Å². The van der Waals surface area contributed by atoms with Gasteiger partial charge in [-0.15, -0.1) is 0 Å². The molecule has 2 atom stereocenters. The summed E-state index contributed by atoms with van der Waals surface area (Å²) in [6, 6.07) is 16.1. The van der Waals surface area contributed by atoms with Crippen LogP contribution in [0.2, 0.25) is 0 Å². The van der Waals surface area contributed by atoms with Gasteiger partial charge in [0.1, 0.15) is 6.61 Å². The van der Waals surface area contributed by atoms with Gasteiger partial charge in [-0.3, -0.25) is 9.59 Å². The molecule has 2 aromatic rings. The summed E-state index contributed by atoms with van der Waals surface area (Å²) >= 11 is 0. The van der Waals surface area contributed by atoms with E-state index in [-0.39, 0.29) is 36.8 Å². The molecule has 0 unspecified atom stereocenters. The number of allylic oxidation sites excluding steroid dienone is 1. The molecule has 4 rings (SSSR count). The van der Waals surface area contributed by atoms with Gasteiger partial charge in [-0.2, -0.15) is 0 Å². The molecule has 0 fully saturated rings.